The lowest BCUT2D eigenvalue weighted by Gasteiger charge is -2.09. The maximum absolute atomic E-state index is 12.1. The molecule has 0 fully saturated rings. The molecule has 0 saturated heterocycles. The van der Waals surface area contributed by atoms with Crippen LogP contribution in [0.1, 0.15) is 29.9 Å². The van der Waals surface area contributed by atoms with Gasteiger partial charge in [-0.15, -0.1) is 11.3 Å². The SMILES string of the molecule is O=C(CCCc1nc(-c2cccs2)no1)NCc1ccc(COCC(F)(F)F)cc1. The molecule has 6 nitrogen and oxygen atoms in total. The first kappa shape index (κ1) is 22.0. The van der Waals surface area contributed by atoms with Gasteiger partial charge in [0.1, 0.15) is 6.61 Å². The Morgan fingerprint density at radius 2 is 1.93 bits per heavy atom. The van der Waals surface area contributed by atoms with Crippen LogP contribution < -0.4 is 5.32 Å². The molecule has 1 N–H and O–H groups in total. The van der Waals surface area contributed by atoms with Gasteiger partial charge in [-0.1, -0.05) is 35.5 Å². The van der Waals surface area contributed by atoms with Crippen LogP contribution in [0.5, 0.6) is 0 Å². The summed E-state index contributed by atoms with van der Waals surface area (Å²) >= 11 is 1.53. The molecule has 0 spiro atoms. The van der Waals surface area contributed by atoms with E-state index in [-0.39, 0.29) is 12.5 Å². The topological polar surface area (TPSA) is 77.2 Å². The Hall–Kier alpha value is -2.72. The number of thiophene rings is 1. The van der Waals surface area contributed by atoms with E-state index in [4.69, 9.17) is 4.52 Å². The predicted molar refractivity (Wildman–Crippen MR) is 105 cm³/mol. The number of halogens is 3. The van der Waals surface area contributed by atoms with Gasteiger partial charge in [0.15, 0.2) is 0 Å². The summed E-state index contributed by atoms with van der Waals surface area (Å²) in [5.74, 6) is 0.941. The van der Waals surface area contributed by atoms with Crippen LogP contribution in [0, 0.1) is 0 Å². The minimum Gasteiger partial charge on any atom is -0.367 e. The Morgan fingerprint density at radius 1 is 1.17 bits per heavy atom. The molecule has 10 heteroatoms. The summed E-state index contributed by atoms with van der Waals surface area (Å²) in [5.41, 5.74) is 1.48. The number of benzene rings is 1. The fourth-order valence-corrected chi connectivity index (χ4v) is 3.24. The minimum absolute atomic E-state index is 0.106. The van der Waals surface area contributed by atoms with Gasteiger partial charge in [0, 0.05) is 19.4 Å². The van der Waals surface area contributed by atoms with Gasteiger partial charge < -0.3 is 14.6 Å². The van der Waals surface area contributed by atoms with Gasteiger partial charge >= 0.3 is 6.18 Å². The van der Waals surface area contributed by atoms with Gasteiger partial charge in [-0.2, -0.15) is 18.2 Å². The lowest BCUT2D eigenvalue weighted by molar-refractivity contribution is -0.176. The van der Waals surface area contributed by atoms with Crippen LogP contribution in [-0.2, 0) is 29.1 Å². The second kappa shape index (κ2) is 10.4. The lowest BCUT2D eigenvalue weighted by Crippen LogP contribution is -2.22. The van der Waals surface area contributed by atoms with Gasteiger partial charge in [-0.3, -0.25) is 4.79 Å². The first-order chi connectivity index (χ1) is 14.4. The Balaban J connectivity index is 1.33. The van der Waals surface area contributed by atoms with Crippen molar-refractivity contribution in [3.8, 4) is 10.7 Å². The Kier molecular flexibility index (Phi) is 7.58. The number of amides is 1. The monoisotopic (exact) mass is 439 g/mol. The third-order valence-corrected chi connectivity index (χ3v) is 4.92. The van der Waals surface area contributed by atoms with E-state index in [1.54, 1.807) is 24.3 Å². The summed E-state index contributed by atoms with van der Waals surface area (Å²) in [5, 5.41) is 8.68. The molecule has 1 amide bonds. The molecule has 30 heavy (non-hydrogen) atoms. The van der Waals surface area contributed by atoms with Crippen LogP contribution in [0.4, 0.5) is 13.2 Å². The van der Waals surface area contributed by atoms with E-state index in [1.807, 2.05) is 17.5 Å². The molecule has 0 unspecified atom stereocenters. The highest BCUT2D eigenvalue weighted by Crippen LogP contribution is 2.21. The number of aromatic nitrogens is 2. The lowest BCUT2D eigenvalue weighted by atomic mass is 10.1. The zero-order chi connectivity index (χ0) is 21.4. The number of nitrogens with zero attached hydrogens (tertiary/aromatic N) is 2. The minimum atomic E-state index is -4.33. The number of carbonyl (C=O) groups excluding carboxylic acids is 1. The van der Waals surface area contributed by atoms with Crippen molar-refractivity contribution in [3.05, 3.63) is 58.8 Å². The third-order valence-electron chi connectivity index (χ3n) is 4.05. The van der Waals surface area contributed by atoms with E-state index in [9.17, 15) is 18.0 Å². The molecule has 0 radical (unpaired) electrons. The van der Waals surface area contributed by atoms with Crippen molar-refractivity contribution in [2.45, 2.75) is 38.6 Å². The molecule has 1 aromatic carbocycles. The number of nitrogens with one attached hydrogen (secondary N) is 1. The largest absolute Gasteiger partial charge is 0.411 e. The van der Waals surface area contributed by atoms with E-state index in [2.05, 4.69) is 20.2 Å². The quantitative estimate of drug-likeness (QED) is 0.503. The Bertz CT molecular complexity index is 925. The van der Waals surface area contributed by atoms with Gasteiger partial charge in [-0.25, -0.2) is 0 Å². The van der Waals surface area contributed by atoms with E-state index in [0.29, 0.717) is 43.1 Å². The number of hydrogen-bond acceptors (Lipinski definition) is 6. The van der Waals surface area contributed by atoms with E-state index in [1.165, 1.54) is 11.3 Å². The molecule has 3 aromatic rings. The van der Waals surface area contributed by atoms with Gasteiger partial charge in [0.2, 0.25) is 17.6 Å². The molecule has 2 heterocycles. The number of carbonyl (C=O) groups is 1. The summed E-state index contributed by atoms with van der Waals surface area (Å²) in [7, 11) is 0. The zero-order valence-corrected chi connectivity index (χ0v) is 16.8. The van der Waals surface area contributed by atoms with Crippen LogP contribution >= 0.6 is 11.3 Å². The summed E-state index contributed by atoms with van der Waals surface area (Å²) < 4.78 is 46.0. The second-order valence-electron chi connectivity index (χ2n) is 6.54. The number of hydrogen-bond donors (Lipinski definition) is 1. The van der Waals surface area contributed by atoms with Crippen LogP contribution in [-0.4, -0.2) is 28.8 Å². The first-order valence-corrected chi connectivity index (χ1v) is 10.1. The summed E-state index contributed by atoms with van der Waals surface area (Å²) in [6.07, 6.45) is -2.92. The van der Waals surface area contributed by atoms with Crippen molar-refractivity contribution in [2.24, 2.45) is 0 Å². The Morgan fingerprint density at radius 3 is 2.63 bits per heavy atom. The first-order valence-electron chi connectivity index (χ1n) is 9.24. The maximum atomic E-state index is 12.1. The van der Waals surface area contributed by atoms with Crippen LogP contribution in [0.25, 0.3) is 10.7 Å². The fraction of sp³-hybridized carbons (Fsp3) is 0.350. The van der Waals surface area contributed by atoms with Crippen molar-refractivity contribution in [2.75, 3.05) is 6.61 Å². The molecule has 3 rings (SSSR count). The third kappa shape index (κ3) is 7.27. The molecule has 0 aliphatic carbocycles. The average Bonchev–Trinajstić information content (AvgIpc) is 3.38. The molecule has 0 aliphatic rings. The molecular weight excluding hydrogens is 419 g/mol. The maximum Gasteiger partial charge on any atom is 0.411 e. The van der Waals surface area contributed by atoms with Gasteiger partial charge in [0.25, 0.3) is 0 Å². The fourth-order valence-electron chi connectivity index (χ4n) is 2.59. The second-order valence-corrected chi connectivity index (χ2v) is 7.49. The smallest absolute Gasteiger partial charge is 0.367 e. The normalized spacial score (nSPS) is 11.6. The molecule has 0 atom stereocenters. The van der Waals surface area contributed by atoms with Gasteiger partial charge in [-0.05, 0) is 29.0 Å². The highest BCUT2D eigenvalue weighted by Gasteiger charge is 2.27. The van der Waals surface area contributed by atoms with Crippen molar-refractivity contribution in [1.29, 1.82) is 0 Å². The Labute approximate surface area is 175 Å². The summed E-state index contributed by atoms with van der Waals surface area (Å²) in [6.45, 7) is -1.05. The predicted octanol–water partition coefficient (Wildman–Crippen LogP) is 4.52. The van der Waals surface area contributed by atoms with Crippen molar-refractivity contribution < 1.29 is 27.2 Å². The zero-order valence-electron chi connectivity index (χ0n) is 15.9. The van der Waals surface area contributed by atoms with Crippen molar-refractivity contribution in [1.82, 2.24) is 15.5 Å². The summed E-state index contributed by atoms with van der Waals surface area (Å²) in [6, 6.07) is 10.7. The van der Waals surface area contributed by atoms with Crippen molar-refractivity contribution in [3.63, 3.8) is 0 Å². The molecule has 160 valence electrons. The van der Waals surface area contributed by atoms with Crippen LogP contribution in [0.2, 0.25) is 0 Å². The molecular formula is C20H20F3N3O3S. The number of aryl methyl sites for hydroxylation is 1. The highest BCUT2D eigenvalue weighted by molar-refractivity contribution is 7.13. The van der Waals surface area contributed by atoms with E-state index < -0.39 is 12.8 Å². The number of rotatable bonds is 10. The van der Waals surface area contributed by atoms with Gasteiger partial charge in [0.05, 0.1) is 11.5 Å². The van der Waals surface area contributed by atoms with Crippen LogP contribution in [0.15, 0.2) is 46.3 Å². The van der Waals surface area contributed by atoms with Crippen molar-refractivity contribution >= 4 is 17.2 Å². The molecule has 2 aromatic heterocycles. The number of ether oxygens (including phenoxy) is 1. The van der Waals surface area contributed by atoms with E-state index >= 15 is 0 Å². The van der Waals surface area contributed by atoms with E-state index in [0.717, 1.165) is 10.4 Å². The average molecular weight is 439 g/mol. The van der Waals surface area contributed by atoms with Crippen LogP contribution in [0.3, 0.4) is 0 Å². The molecule has 0 bridgehead atoms. The molecule has 0 aliphatic heterocycles. The number of alkyl halides is 3. The highest BCUT2D eigenvalue weighted by atomic mass is 32.1. The molecule has 0 saturated carbocycles. The standard InChI is InChI=1S/C20H20F3N3O3S/c21-20(22,23)13-28-12-15-8-6-14(7-9-15)11-24-17(27)4-1-5-18-25-19(26-29-18)16-3-2-10-30-16/h2-3,6-10H,1,4-5,11-13H2,(H,24,27). The summed E-state index contributed by atoms with van der Waals surface area (Å²) in [4.78, 5) is 17.2.